The van der Waals surface area contributed by atoms with E-state index in [0.29, 0.717) is 18.7 Å². The maximum Gasteiger partial charge on any atom is 0.255 e. The number of pyridine rings is 1. The predicted molar refractivity (Wildman–Crippen MR) is 85.5 cm³/mol. The van der Waals surface area contributed by atoms with Gasteiger partial charge in [-0.05, 0) is 25.5 Å². The van der Waals surface area contributed by atoms with Crippen molar-refractivity contribution in [2.45, 2.75) is 13.3 Å². The third-order valence-electron chi connectivity index (χ3n) is 4.22. The molecule has 1 fully saturated rings. The molecule has 1 amide bonds. The Morgan fingerprint density at radius 3 is 2.68 bits per heavy atom. The summed E-state index contributed by atoms with van der Waals surface area (Å²) in [7, 11) is 0. The molecule has 2 heterocycles. The highest BCUT2D eigenvalue weighted by Gasteiger charge is 2.27. The number of carbonyl (C=O) groups excluding carboxylic acids is 1. The van der Waals surface area contributed by atoms with Gasteiger partial charge in [-0.25, -0.2) is 0 Å². The van der Waals surface area contributed by atoms with Gasteiger partial charge in [0.25, 0.3) is 5.91 Å². The Morgan fingerprint density at radius 2 is 2.05 bits per heavy atom. The molecule has 0 spiro atoms. The average Bonchev–Trinajstić information content (AvgIpc) is 3.04. The van der Waals surface area contributed by atoms with Crippen LogP contribution in [0.15, 0.2) is 42.5 Å². The van der Waals surface area contributed by atoms with Gasteiger partial charge in [0.15, 0.2) is 0 Å². The van der Waals surface area contributed by atoms with Gasteiger partial charge in [0.2, 0.25) is 0 Å². The Labute approximate surface area is 130 Å². The van der Waals surface area contributed by atoms with Crippen LogP contribution in [-0.4, -0.2) is 40.6 Å². The quantitative estimate of drug-likeness (QED) is 0.947. The van der Waals surface area contributed by atoms with Crippen molar-refractivity contribution in [2.75, 3.05) is 19.7 Å². The van der Waals surface area contributed by atoms with Crippen molar-refractivity contribution in [1.29, 1.82) is 0 Å². The van der Waals surface area contributed by atoms with Crippen LogP contribution in [0.4, 0.5) is 0 Å². The molecule has 1 atom stereocenters. The van der Waals surface area contributed by atoms with Gasteiger partial charge in [0.1, 0.15) is 0 Å². The fraction of sp³-hybridized carbons (Fsp3) is 0.333. The molecule has 0 radical (unpaired) electrons. The second-order valence-corrected chi connectivity index (χ2v) is 5.78. The Morgan fingerprint density at radius 1 is 1.27 bits per heavy atom. The summed E-state index contributed by atoms with van der Waals surface area (Å²) in [5.41, 5.74) is 3.33. The highest BCUT2D eigenvalue weighted by atomic mass is 16.3. The summed E-state index contributed by atoms with van der Waals surface area (Å²) in [6.45, 7) is 3.37. The number of hydrogen-bond donors (Lipinski definition) is 1. The van der Waals surface area contributed by atoms with Crippen LogP contribution in [0.3, 0.4) is 0 Å². The Hall–Kier alpha value is -2.20. The van der Waals surface area contributed by atoms with Gasteiger partial charge in [-0.1, -0.05) is 30.3 Å². The summed E-state index contributed by atoms with van der Waals surface area (Å²) in [6.07, 6.45) is 0.872. The summed E-state index contributed by atoms with van der Waals surface area (Å²) in [5.74, 6) is 0.223. The summed E-state index contributed by atoms with van der Waals surface area (Å²) >= 11 is 0. The van der Waals surface area contributed by atoms with Gasteiger partial charge in [-0.15, -0.1) is 0 Å². The Bertz CT molecular complexity index is 670. The average molecular weight is 296 g/mol. The second kappa shape index (κ2) is 6.28. The first-order chi connectivity index (χ1) is 10.7. The number of carbonyl (C=O) groups is 1. The van der Waals surface area contributed by atoms with Crippen molar-refractivity contribution < 1.29 is 9.90 Å². The predicted octanol–water partition coefficient (Wildman–Crippen LogP) is 2.51. The first-order valence-electron chi connectivity index (χ1n) is 7.62. The number of rotatable bonds is 3. The van der Waals surface area contributed by atoms with Crippen molar-refractivity contribution >= 4 is 5.91 Å². The molecule has 1 aromatic carbocycles. The number of amides is 1. The van der Waals surface area contributed by atoms with E-state index in [1.807, 2.05) is 54.3 Å². The van der Waals surface area contributed by atoms with Crippen LogP contribution in [0.5, 0.6) is 0 Å². The van der Waals surface area contributed by atoms with Crippen molar-refractivity contribution in [3.05, 3.63) is 53.7 Å². The second-order valence-electron chi connectivity index (χ2n) is 5.78. The summed E-state index contributed by atoms with van der Waals surface area (Å²) in [6, 6.07) is 13.7. The van der Waals surface area contributed by atoms with Gasteiger partial charge >= 0.3 is 0 Å². The first kappa shape index (κ1) is 14.7. The molecular weight excluding hydrogens is 276 g/mol. The van der Waals surface area contributed by atoms with Crippen LogP contribution in [0.25, 0.3) is 11.3 Å². The van der Waals surface area contributed by atoms with Crippen molar-refractivity contribution in [3.63, 3.8) is 0 Å². The molecule has 1 N–H and O–H groups in total. The zero-order valence-corrected chi connectivity index (χ0v) is 12.7. The van der Waals surface area contributed by atoms with E-state index in [4.69, 9.17) is 0 Å². The van der Waals surface area contributed by atoms with Crippen molar-refractivity contribution in [3.8, 4) is 11.3 Å². The van der Waals surface area contributed by atoms with E-state index < -0.39 is 0 Å². The van der Waals surface area contributed by atoms with Crippen LogP contribution < -0.4 is 0 Å². The molecule has 0 saturated carbocycles. The number of likely N-dealkylation sites (tertiary alicyclic amines) is 1. The van der Waals surface area contributed by atoms with Crippen molar-refractivity contribution in [1.82, 2.24) is 9.88 Å². The first-order valence-corrected chi connectivity index (χ1v) is 7.62. The molecular formula is C18H20N2O2. The van der Waals surface area contributed by atoms with Crippen LogP contribution in [0.2, 0.25) is 0 Å². The van der Waals surface area contributed by atoms with E-state index in [1.54, 1.807) is 0 Å². The molecule has 1 aromatic heterocycles. The number of nitrogens with zero attached hydrogens (tertiary/aromatic N) is 2. The molecule has 3 rings (SSSR count). The molecule has 2 aromatic rings. The number of aryl methyl sites for hydroxylation is 1. The molecule has 1 unspecified atom stereocenters. The summed E-state index contributed by atoms with van der Waals surface area (Å²) < 4.78 is 0. The number of aliphatic hydroxyl groups is 1. The maximum atomic E-state index is 12.6. The molecule has 0 bridgehead atoms. The Balaban J connectivity index is 1.82. The lowest BCUT2D eigenvalue weighted by molar-refractivity contribution is 0.0780. The van der Waals surface area contributed by atoms with Crippen LogP contribution in [0, 0.1) is 12.8 Å². The van der Waals surface area contributed by atoms with E-state index >= 15 is 0 Å². The normalized spacial score (nSPS) is 17.7. The lowest BCUT2D eigenvalue weighted by Gasteiger charge is -2.17. The molecule has 4 heteroatoms. The molecule has 1 aliphatic heterocycles. The topological polar surface area (TPSA) is 53.4 Å². The minimum atomic E-state index is 0.0144. The molecule has 1 aliphatic rings. The van der Waals surface area contributed by atoms with E-state index in [2.05, 4.69) is 4.98 Å². The smallest absolute Gasteiger partial charge is 0.255 e. The van der Waals surface area contributed by atoms with Gasteiger partial charge in [0.05, 0.1) is 17.0 Å². The van der Waals surface area contributed by atoms with Gasteiger partial charge in [-0.3, -0.25) is 9.78 Å². The number of hydrogen-bond acceptors (Lipinski definition) is 3. The van der Waals surface area contributed by atoms with Crippen LogP contribution in [-0.2, 0) is 0 Å². The molecule has 0 aliphatic carbocycles. The lowest BCUT2D eigenvalue weighted by Crippen LogP contribution is -2.29. The number of benzene rings is 1. The minimum absolute atomic E-state index is 0.0144. The third-order valence-corrected chi connectivity index (χ3v) is 4.22. The lowest BCUT2D eigenvalue weighted by atomic mass is 10.1. The largest absolute Gasteiger partial charge is 0.396 e. The van der Waals surface area contributed by atoms with E-state index in [-0.39, 0.29) is 18.4 Å². The molecule has 1 saturated heterocycles. The van der Waals surface area contributed by atoms with E-state index in [0.717, 1.165) is 23.4 Å². The molecule has 22 heavy (non-hydrogen) atoms. The maximum absolute atomic E-state index is 12.6. The van der Waals surface area contributed by atoms with Crippen molar-refractivity contribution in [2.24, 2.45) is 5.92 Å². The standard InChI is InChI=1S/C18H20N2O2/c1-13-16(18(22)20-10-9-14(11-20)12-21)7-8-17(19-13)15-5-3-2-4-6-15/h2-8,14,21H,9-12H2,1H3. The summed E-state index contributed by atoms with van der Waals surface area (Å²) in [5, 5.41) is 9.20. The fourth-order valence-electron chi connectivity index (χ4n) is 2.89. The monoisotopic (exact) mass is 296 g/mol. The zero-order chi connectivity index (χ0) is 15.5. The Kier molecular flexibility index (Phi) is 4.20. The minimum Gasteiger partial charge on any atom is -0.396 e. The van der Waals surface area contributed by atoms with Crippen LogP contribution >= 0.6 is 0 Å². The van der Waals surface area contributed by atoms with Gasteiger partial charge in [0, 0.05) is 31.2 Å². The van der Waals surface area contributed by atoms with E-state index in [1.165, 1.54) is 0 Å². The number of aliphatic hydroxyl groups excluding tert-OH is 1. The fourth-order valence-corrected chi connectivity index (χ4v) is 2.89. The highest BCUT2D eigenvalue weighted by molar-refractivity contribution is 5.95. The SMILES string of the molecule is Cc1nc(-c2ccccc2)ccc1C(=O)N1CCC(CO)C1. The molecule has 114 valence electrons. The highest BCUT2D eigenvalue weighted by Crippen LogP contribution is 2.22. The number of aromatic nitrogens is 1. The van der Waals surface area contributed by atoms with Gasteiger partial charge < -0.3 is 10.0 Å². The third kappa shape index (κ3) is 2.88. The zero-order valence-electron chi connectivity index (χ0n) is 12.7. The van der Waals surface area contributed by atoms with Crippen LogP contribution in [0.1, 0.15) is 22.5 Å². The van der Waals surface area contributed by atoms with Gasteiger partial charge in [-0.2, -0.15) is 0 Å². The summed E-state index contributed by atoms with van der Waals surface area (Å²) in [4.78, 5) is 19.0. The van der Waals surface area contributed by atoms with E-state index in [9.17, 15) is 9.90 Å². The molecule has 4 nitrogen and oxygen atoms in total.